The summed E-state index contributed by atoms with van der Waals surface area (Å²) in [5.74, 6) is -1.53. The Bertz CT molecular complexity index is 1320. The van der Waals surface area contributed by atoms with Crippen molar-refractivity contribution in [3.8, 4) is 0 Å². The number of nitrogen functional groups attached to an aromatic ring is 1. The quantitative estimate of drug-likeness (QED) is 0.334. The van der Waals surface area contributed by atoms with Crippen LogP contribution in [0.2, 0.25) is 0 Å². The topological polar surface area (TPSA) is 131 Å². The third-order valence-corrected chi connectivity index (χ3v) is 6.88. The number of fused-ring (bicyclic) bond motifs is 1. The SMILES string of the molecule is CCc1cc(C(N)=O)c(C(c2ccccc2)C(O)C(=O)Nc2ccc3c(N)nccc3c2)s1. The number of aliphatic hydroxyl groups is 1. The number of aliphatic hydroxyl groups excluding tert-OH is 1. The van der Waals surface area contributed by atoms with Gasteiger partial charge in [0.2, 0.25) is 5.91 Å². The fraction of sp³-hybridized carbons (Fsp3) is 0.160. The normalized spacial score (nSPS) is 12.9. The van der Waals surface area contributed by atoms with E-state index >= 15 is 0 Å². The predicted molar refractivity (Wildman–Crippen MR) is 131 cm³/mol. The number of aromatic nitrogens is 1. The monoisotopic (exact) mass is 460 g/mol. The van der Waals surface area contributed by atoms with Gasteiger partial charge in [0.25, 0.3) is 5.91 Å². The van der Waals surface area contributed by atoms with Gasteiger partial charge < -0.3 is 21.9 Å². The maximum Gasteiger partial charge on any atom is 0.254 e. The van der Waals surface area contributed by atoms with Crippen LogP contribution in [0, 0.1) is 0 Å². The molecule has 8 heteroatoms. The fourth-order valence-electron chi connectivity index (χ4n) is 3.84. The number of nitrogens with zero attached hydrogens (tertiary/aromatic N) is 1. The Morgan fingerprint density at radius 1 is 1.12 bits per heavy atom. The Kier molecular flexibility index (Phi) is 6.39. The summed E-state index contributed by atoms with van der Waals surface area (Å²) in [4.78, 5) is 30.9. The second kappa shape index (κ2) is 9.40. The first-order chi connectivity index (χ1) is 15.9. The van der Waals surface area contributed by atoms with Crippen molar-refractivity contribution in [3.63, 3.8) is 0 Å². The molecule has 7 nitrogen and oxygen atoms in total. The Labute approximate surface area is 195 Å². The number of primary amides is 1. The van der Waals surface area contributed by atoms with Crippen LogP contribution in [0.25, 0.3) is 10.8 Å². The van der Waals surface area contributed by atoms with Gasteiger partial charge in [-0.15, -0.1) is 11.3 Å². The largest absolute Gasteiger partial charge is 0.383 e. The average Bonchev–Trinajstić information content (AvgIpc) is 3.24. The van der Waals surface area contributed by atoms with Gasteiger partial charge in [-0.25, -0.2) is 4.98 Å². The Morgan fingerprint density at radius 3 is 2.58 bits per heavy atom. The highest BCUT2D eigenvalue weighted by atomic mass is 32.1. The molecule has 0 aliphatic heterocycles. The summed E-state index contributed by atoms with van der Waals surface area (Å²) in [7, 11) is 0. The third-order valence-electron chi connectivity index (χ3n) is 5.51. The molecule has 33 heavy (non-hydrogen) atoms. The first-order valence-electron chi connectivity index (χ1n) is 10.5. The molecular weight excluding hydrogens is 436 g/mol. The first-order valence-corrected chi connectivity index (χ1v) is 11.3. The molecular formula is C25H24N4O3S. The van der Waals surface area contributed by atoms with Gasteiger partial charge in [-0.2, -0.15) is 0 Å². The van der Waals surface area contributed by atoms with E-state index in [1.54, 1.807) is 36.5 Å². The minimum absolute atomic E-state index is 0.325. The van der Waals surface area contributed by atoms with Gasteiger partial charge in [0.05, 0.1) is 11.5 Å². The number of benzene rings is 2. The number of nitrogens with two attached hydrogens (primary N) is 2. The Hall–Kier alpha value is -3.75. The summed E-state index contributed by atoms with van der Waals surface area (Å²) < 4.78 is 0. The maximum absolute atomic E-state index is 13.2. The zero-order valence-electron chi connectivity index (χ0n) is 18.0. The van der Waals surface area contributed by atoms with Crippen molar-refractivity contribution in [1.82, 2.24) is 4.98 Å². The minimum Gasteiger partial charge on any atom is -0.383 e. The number of pyridine rings is 1. The molecule has 4 aromatic rings. The summed E-state index contributed by atoms with van der Waals surface area (Å²) in [6.45, 7) is 1.98. The van der Waals surface area contributed by atoms with Crippen LogP contribution in [0.3, 0.4) is 0 Å². The molecule has 2 amide bonds. The molecule has 6 N–H and O–H groups in total. The van der Waals surface area contributed by atoms with Gasteiger partial charge in [0, 0.05) is 27.0 Å². The number of amides is 2. The van der Waals surface area contributed by atoms with Crippen LogP contribution in [0.1, 0.15) is 38.5 Å². The van der Waals surface area contributed by atoms with Crippen molar-refractivity contribution in [3.05, 3.63) is 87.7 Å². The molecule has 2 atom stereocenters. The van der Waals surface area contributed by atoms with E-state index in [0.717, 1.165) is 15.6 Å². The van der Waals surface area contributed by atoms with E-state index in [4.69, 9.17) is 11.5 Å². The van der Waals surface area contributed by atoms with E-state index in [-0.39, 0.29) is 0 Å². The van der Waals surface area contributed by atoms with E-state index in [1.165, 1.54) is 11.3 Å². The molecule has 0 aliphatic carbocycles. The standard InChI is InChI=1S/C25H24N4O3S/c1-2-17-13-19(24(27)31)22(33-17)20(14-6-4-3-5-7-14)21(30)25(32)29-16-8-9-18-15(12-16)10-11-28-23(18)26/h3-13,20-21,30H,2H2,1H3,(H2,26,28)(H2,27,31)(H,29,32). The van der Waals surface area contributed by atoms with Crippen LogP contribution in [0.15, 0.2) is 66.9 Å². The van der Waals surface area contributed by atoms with Crippen LogP contribution in [0.5, 0.6) is 0 Å². The van der Waals surface area contributed by atoms with Crippen LogP contribution >= 0.6 is 11.3 Å². The molecule has 0 saturated carbocycles. The molecule has 0 spiro atoms. The van der Waals surface area contributed by atoms with Crippen molar-refractivity contribution in [2.75, 3.05) is 11.1 Å². The van der Waals surface area contributed by atoms with Gasteiger partial charge >= 0.3 is 0 Å². The van der Waals surface area contributed by atoms with E-state index < -0.39 is 23.8 Å². The molecule has 2 aromatic carbocycles. The van der Waals surface area contributed by atoms with Gasteiger partial charge in [0.1, 0.15) is 11.9 Å². The van der Waals surface area contributed by atoms with Crippen molar-refractivity contribution < 1.29 is 14.7 Å². The smallest absolute Gasteiger partial charge is 0.254 e. The highest BCUT2D eigenvalue weighted by Crippen LogP contribution is 2.37. The zero-order valence-corrected chi connectivity index (χ0v) is 18.8. The van der Waals surface area contributed by atoms with Crippen LogP contribution in [-0.4, -0.2) is 28.0 Å². The Morgan fingerprint density at radius 2 is 1.88 bits per heavy atom. The lowest BCUT2D eigenvalue weighted by molar-refractivity contribution is -0.124. The van der Waals surface area contributed by atoms with E-state index in [2.05, 4.69) is 10.3 Å². The summed E-state index contributed by atoms with van der Waals surface area (Å²) in [6.07, 6.45) is 0.855. The number of carbonyl (C=O) groups is 2. The number of rotatable bonds is 7. The summed E-state index contributed by atoms with van der Waals surface area (Å²) in [5.41, 5.74) is 13.1. The van der Waals surface area contributed by atoms with Crippen LogP contribution in [-0.2, 0) is 11.2 Å². The van der Waals surface area contributed by atoms with Gasteiger partial charge in [-0.1, -0.05) is 37.3 Å². The average molecular weight is 461 g/mol. The van der Waals surface area contributed by atoms with Gasteiger partial charge in [-0.3, -0.25) is 9.59 Å². The number of carbonyl (C=O) groups excluding carboxylic acids is 2. The summed E-state index contributed by atoms with van der Waals surface area (Å²) >= 11 is 1.38. The molecule has 0 aliphatic rings. The number of hydrogen-bond donors (Lipinski definition) is 4. The number of nitrogens with one attached hydrogen (secondary N) is 1. The molecule has 0 bridgehead atoms. The predicted octanol–water partition coefficient (Wildman–Crippen LogP) is 3.67. The molecule has 0 saturated heterocycles. The lowest BCUT2D eigenvalue weighted by Crippen LogP contribution is -2.34. The van der Waals surface area contributed by atoms with Crippen molar-refractivity contribution in [1.29, 1.82) is 0 Å². The second-order valence-electron chi connectivity index (χ2n) is 7.66. The third kappa shape index (κ3) is 4.57. The van der Waals surface area contributed by atoms with Crippen LogP contribution in [0.4, 0.5) is 11.5 Å². The van der Waals surface area contributed by atoms with Crippen molar-refractivity contribution in [2.45, 2.75) is 25.4 Å². The minimum atomic E-state index is -1.45. The van der Waals surface area contributed by atoms with Crippen molar-refractivity contribution >= 4 is 45.4 Å². The van der Waals surface area contributed by atoms with Crippen molar-refractivity contribution in [2.24, 2.45) is 5.73 Å². The number of anilines is 2. The fourth-order valence-corrected chi connectivity index (χ4v) is 5.10. The first kappa shape index (κ1) is 22.4. The molecule has 2 unspecified atom stereocenters. The van der Waals surface area contributed by atoms with Gasteiger partial charge in [0.15, 0.2) is 0 Å². The zero-order chi connectivity index (χ0) is 23.5. The molecule has 168 valence electrons. The molecule has 0 radical (unpaired) electrons. The molecule has 4 rings (SSSR count). The maximum atomic E-state index is 13.2. The molecule has 2 aromatic heterocycles. The number of hydrogen-bond acceptors (Lipinski definition) is 6. The lowest BCUT2D eigenvalue weighted by Gasteiger charge is -2.23. The molecule has 2 heterocycles. The highest BCUT2D eigenvalue weighted by molar-refractivity contribution is 7.12. The lowest BCUT2D eigenvalue weighted by atomic mass is 9.89. The highest BCUT2D eigenvalue weighted by Gasteiger charge is 2.33. The second-order valence-corrected chi connectivity index (χ2v) is 8.83. The van der Waals surface area contributed by atoms with E-state index in [0.29, 0.717) is 33.9 Å². The van der Waals surface area contributed by atoms with E-state index in [9.17, 15) is 14.7 Å². The Balaban J connectivity index is 1.70. The van der Waals surface area contributed by atoms with E-state index in [1.807, 2.05) is 37.3 Å². The summed E-state index contributed by atoms with van der Waals surface area (Å²) in [6, 6.07) is 17.9. The number of thiophene rings is 1. The number of aryl methyl sites for hydroxylation is 1. The summed E-state index contributed by atoms with van der Waals surface area (Å²) in [5, 5.41) is 15.6. The molecule has 0 fully saturated rings. The van der Waals surface area contributed by atoms with Crippen LogP contribution < -0.4 is 16.8 Å². The van der Waals surface area contributed by atoms with Gasteiger partial charge in [-0.05, 0) is 47.7 Å².